The molecule has 0 bridgehead atoms. The monoisotopic (exact) mass is 220 g/mol. The summed E-state index contributed by atoms with van der Waals surface area (Å²) in [5, 5.41) is 6.72. The molecule has 1 heterocycles. The van der Waals surface area contributed by atoms with E-state index in [9.17, 15) is 0 Å². The summed E-state index contributed by atoms with van der Waals surface area (Å²) in [5.74, 6) is 0.387. The Morgan fingerprint density at radius 2 is 2.20 bits per heavy atom. The molecule has 0 radical (unpaired) electrons. The van der Waals surface area contributed by atoms with E-state index in [1.807, 2.05) is 0 Å². The first-order valence-corrected chi connectivity index (χ1v) is 5.79. The van der Waals surface area contributed by atoms with Gasteiger partial charge in [-0.1, -0.05) is 32.1 Å². The van der Waals surface area contributed by atoms with Gasteiger partial charge in [0.1, 0.15) is 0 Å². The minimum absolute atomic E-state index is 0.387. The molecule has 1 unspecified atom stereocenters. The van der Waals surface area contributed by atoms with Gasteiger partial charge in [-0.3, -0.25) is 0 Å². The molecule has 1 aliphatic rings. The maximum absolute atomic E-state index is 5.30. The molecule has 1 aliphatic heterocycles. The van der Waals surface area contributed by atoms with Crippen LogP contribution in [0, 0.1) is 5.92 Å². The lowest BCUT2D eigenvalue weighted by atomic mass is 10.1. The molecule has 0 amide bonds. The zero-order valence-corrected chi connectivity index (χ0v) is 9.95. The number of aryl methyl sites for hydroxylation is 1. The maximum atomic E-state index is 5.30. The molecule has 2 rings (SSSR count). The fourth-order valence-electron chi connectivity index (χ4n) is 1.68. The average molecular weight is 220 g/mol. The van der Waals surface area contributed by atoms with E-state index in [-0.39, 0.29) is 0 Å². The van der Waals surface area contributed by atoms with Gasteiger partial charge in [0, 0.05) is 12.5 Å². The Morgan fingerprint density at radius 3 is 2.93 bits per heavy atom. The van der Waals surface area contributed by atoms with Crippen molar-refractivity contribution in [2.45, 2.75) is 20.3 Å². The van der Waals surface area contributed by atoms with Crippen molar-refractivity contribution < 1.29 is 0 Å². The lowest BCUT2D eigenvalue weighted by Gasteiger charge is -2.09. The normalized spacial score (nSPS) is 19.9. The molecule has 3 heteroatoms. The SMILES string of the molecule is CCc1ccc2c(c1)NCC(C)C(=S)N2. The highest BCUT2D eigenvalue weighted by Gasteiger charge is 2.15. The van der Waals surface area contributed by atoms with Crippen molar-refractivity contribution >= 4 is 28.6 Å². The average Bonchev–Trinajstić information content (AvgIpc) is 2.39. The molecule has 1 aromatic rings. The summed E-state index contributed by atoms with van der Waals surface area (Å²) in [6.45, 7) is 5.21. The smallest absolute Gasteiger partial charge is 0.0844 e. The van der Waals surface area contributed by atoms with Crippen LogP contribution in [0.3, 0.4) is 0 Å². The highest BCUT2D eigenvalue weighted by Crippen LogP contribution is 2.27. The number of fused-ring (bicyclic) bond motifs is 1. The predicted octanol–water partition coefficient (Wildman–Crippen LogP) is 3.05. The van der Waals surface area contributed by atoms with Crippen LogP contribution in [-0.4, -0.2) is 11.5 Å². The van der Waals surface area contributed by atoms with E-state index >= 15 is 0 Å². The Balaban J connectivity index is 2.34. The number of nitrogens with one attached hydrogen (secondary N) is 2. The molecule has 80 valence electrons. The van der Waals surface area contributed by atoms with Crippen LogP contribution < -0.4 is 10.6 Å². The third kappa shape index (κ3) is 2.12. The van der Waals surface area contributed by atoms with Crippen molar-refractivity contribution in [2.75, 3.05) is 17.2 Å². The summed E-state index contributed by atoms with van der Waals surface area (Å²) in [6, 6.07) is 6.45. The Bertz CT molecular complexity index is 387. The van der Waals surface area contributed by atoms with Crippen molar-refractivity contribution in [1.82, 2.24) is 0 Å². The molecule has 15 heavy (non-hydrogen) atoms. The summed E-state index contributed by atoms with van der Waals surface area (Å²) in [4.78, 5) is 0.922. The minimum Gasteiger partial charge on any atom is -0.383 e. The molecular weight excluding hydrogens is 204 g/mol. The van der Waals surface area contributed by atoms with E-state index in [0.717, 1.165) is 23.6 Å². The van der Waals surface area contributed by atoms with Gasteiger partial charge in [0.15, 0.2) is 0 Å². The first-order valence-electron chi connectivity index (χ1n) is 5.38. The van der Waals surface area contributed by atoms with Gasteiger partial charge in [-0.2, -0.15) is 0 Å². The van der Waals surface area contributed by atoms with Gasteiger partial charge < -0.3 is 10.6 Å². The van der Waals surface area contributed by atoms with Gasteiger partial charge >= 0.3 is 0 Å². The Labute approximate surface area is 96.1 Å². The molecule has 0 aliphatic carbocycles. The fourth-order valence-corrected chi connectivity index (χ4v) is 1.87. The zero-order valence-electron chi connectivity index (χ0n) is 9.13. The number of thiocarbonyl (C=S) groups is 1. The standard InChI is InChI=1S/C12H16N2S/c1-3-9-4-5-10-11(6-9)13-7-8(2)12(15)14-10/h4-6,8,13H,3,7H2,1-2H3,(H,14,15). The molecule has 0 spiro atoms. The lowest BCUT2D eigenvalue weighted by molar-refractivity contribution is 0.833. The maximum Gasteiger partial charge on any atom is 0.0844 e. The van der Waals surface area contributed by atoms with Gasteiger partial charge in [-0.05, 0) is 24.1 Å². The number of benzene rings is 1. The molecule has 0 saturated carbocycles. The Kier molecular flexibility index (Phi) is 2.91. The summed E-state index contributed by atoms with van der Waals surface area (Å²) in [5.41, 5.74) is 3.62. The molecule has 0 fully saturated rings. The topological polar surface area (TPSA) is 24.1 Å². The molecule has 0 aromatic heterocycles. The highest BCUT2D eigenvalue weighted by atomic mass is 32.1. The van der Waals surface area contributed by atoms with Gasteiger partial charge in [0.05, 0.1) is 16.4 Å². The molecular formula is C12H16N2S. The van der Waals surface area contributed by atoms with Crippen LogP contribution in [0.15, 0.2) is 18.2 Å². The van der Waals surface area contributed by atoms with Gasteiger partial charge in [0.25, 0.3) is 0 Å². The van der Waals surface area contributed by atoms with Crippen LogP contribution in [-0.2, 0) is 6.42 Å². The Hall–Kier alpha value is -1.09. The van der Waals surface area contributed by atoms with E-state index in [4.69, 9.17) is 12.2 Å². The second-order valence-corrected chi connectivity index (χ2v) is 4.44. The van der Waals surface area contributed by atoms with Crippen LogP contribution >= 0.6 is 12.2 Å². The van der Waals surface area contributed by atoms with Crippen LogP contribution in [0.5, 0.6) is 0 Å². The Morgan fingerprint density at radius 1 is 1.40 bits per heavy atom. The van der Waals surface area contributed by atoms with Crippen molar-refractivity contribution in [2.24, 2.45) is 5.92 Å². The summed E-state index contributed by atoms with van der Waals surface area (Å²) >= 11 is 5.30. The van der Waals surface area contributed by atoms with E-state index in [1.54, 1.807) is 0 Å². The van der Waals surface area contributed by atoms with Gasteiger partial charge in [0.2, 0.25) is 0 Å². The number of hydrogen-bond acceptors (Lipinski definition) is 2. The number of hydrogen-bond donors (Lipinski definition) is 2. The van der Waals surface area contributed by atoms with Crippen LogP contribution in [0.1, 0.15) is 19.4 Å². The minimum atomic E-state index is 0.387. The summed E-state index contributed by atoms with van der Waals surface area (Å²) in [6.07, 6.45) is 1.06. The van der Waals surface area contributed by atoms with E-state index in [2.05, 4.69) is 42.7 Å². The number of rotatable bonds is 1. The molecule has 1 aromatic carbocycles. The third-order valence-electron chi connectivity index (χ3n) is 2.80. The second kappa shape index (κ2) is 4.19. The zero-order chi connectivity index (χ0) is 10.8. The van der Waals surface area contributed by atoms with Crippen molar-refractivity contribution in [1.29, 1.82) is 0 Å². The predicted molar refractivity (Wildman–Crippen MR) is 69.7 cm³/mol. The fraction of sp³-hybridized carbons (Fsp3) is 0.417. The van der Waals surface area contributed by atoms with Crippen LogP contribution in [0.2, 0.25) is 0 Å². The largest absolute Gasteiger partial charge is 0.383 e. The van der Waals surface area contributed by atoms with Gasteiger partial charge in [-0.15, -0.1) is 0 Å². The van der Waals surface area contributed by atoms with Crippen molar-refractivity contribution in [3.63, 3.8) is 0 Å². The quantitative estimate of drug-likeness (QED) is 0.711. The van der Waals surface area contributed by atoms with Crippen LogP contribution in [0.4, 0.5) is 11.4 Å². The van der Waals surface area contributed by atoms with E-state index in [0.29, 0.717) is 5.92 Å². The third-order valence-corrected chi connectivity index (χ3v) is 3.30. The second-order valence-electron chi connectivity index (χ2n) is 4.00. The van der Waals surface area contributed by atoms with Crippen LogP contribution in [0.25, 0.3) is 0 Å². The first-order chi connectivity index (χ1) is 7.20. The van der Waals surface area contributed by atoms with Gasteiger partial charge in [-0.25, -0.2) is 0 Å². The molecule has 1 atom stereocenters. The van der Waals surface area contributed by atoms with Crippen molar-refractivity contribution in [3.8, 4) is 0 Å². The van der Waals surface area contributed by atoms with E-state index < -0.39 is 0 Å². The summed E-state index contributed by atoms with van der Waals surface area (Å²) < 4.78 is 0. The first kappa shape index (κ1) is 10.4. The highest BCUT2D eigenvalue weighted by molar-refractivity contribution is 7.80. The lowest BCUT2D eigenvalue weighted by Crippen LogP contribution is -2.20. The number of anilines is 2. The van der Waals surface area contributed by atoms with Crippen molar-refractivity contribution in [3.05, 3.63) is 23.8 Å². The molecule has 0 saturated heterocycles. The summed E-state index contributed by atoms with van der Waals surface area (Å²) in [7, 11) is 0. The van der Waals surface area contributed by atoms with E-state index in [1.165, 1.54) is 11.3 Å². The molecule has 2 N–H and O–H groups in total. The molecule has 2 nitrogen and oxygen atoms in total.